The third-order valence-corrected chi connectivity index (χ3v) is 7.63. The zero-order valence-electron chi connectivity index (χ0n) is 20.7. The molecule has 1 aromatic heterocycles. The first-order chi connectivity index (χ1) is 16.7. The second kappa shape index (κ2) is 12.4. The highest BCUT2D eigenvalue weighted by Crippen LogP contribution is 2.40. The molecule has 0 fully saturated rings. The molecule has 35 heavy (non-hydrogen) atoms. The summed E-state index contributed by atoms with van der Waals surface area (Å²) in [5.74, 6) is 0.232. The van der Waals surface area contributed by atoms with Crippen LogP contribution in [0.3, 0.4) is 0 Å². The SMILES string of the molecule is CC(=N)N1C(=N)C(CC(=O)NCCCCCCCN)N=C(c2ccc(Cl)cc2)c2c1sc(C)c2C. The number of halogens is 1. The van der Waals surface area contributed by atoms with Gasteiger partial charge in [0.1, 0.15) is 22.7 Å². The fourth-order valence-electron chi connectivity index (χ4n) is 4.16. The summed E-state index contributed by atoms with van der Waals surface area (Å²) in [5.41, 5.74) is 9.11. The summed E-state index contributed by atoms with van der Waals surface area (Å²) in [6.07, 6.45) is 5.30. The number of aliphatic imine (C=N–C) groups is 1. The van der Waals surface area contributed by atoms with Crippen molar-refractivity contribution in [2.45, 2.75) is 65.3 Å². The standard InChI is InChI=1S/C26H35ClN6OS/c1-16-17(2)35-26-23(16)24(19-9-11-20(27)12-10-19)32-21(25(30)33(26)18(3)29)15-22(34)31-14-8-6-4-5-7-13-28/h9-12,21,29-30H,4-8,13-15,28H2,1-3H3,(H,31,34). The van der Waals surface area contributed by atoms with Gasteiger partial charge >= 0.3 is 0 Å². The molecular weight excluding hydrogens is 480 g/mol. The number of amidine groups is 2. The minimum atomic E-state index is -0.704. The molecule has 2 heterocycles. The van der Waals surface area contributed by atoms with E-state index in [2.05, 4.69) is 5.32 Å². The molecule has 1 atom stereocenters. The Morgan fingerprint density at radius 2 is 1.83 bits per heavy atom. The maximum atomic E-state index is 12.8. The summed E-state index contributed by atoms with van der Waals surface area (Å²) in [4.78, 5) is 20.5. The summed E-state index contributed by atoms with van der Waals surface area (Å²) in [5, 5.41) is 21.8. The molecule has 0 saturated carbocycles. The zero-order valence-corrected chi connectivity index (χ0v) is 22.3. The summed E-state index contributed by atoms with van der Waals surface area (Å²) in [6, 6.07) is 6.76. The number of amides is 1. The average molecular weight is 515 g/mol. The van der Waals surface area contributed by atoms with Crippen LogP contribution in [0.25, 0.3) is 0 Å². The molecule has 0 spiro atoms. The number of hydrogen-bond acceptors (Lipinski definition) is 6. The number of nitrogens with one attached hydrogen (secondary N) is 3. The maximum absolute atomic E-state index is 12.8. The Bertz CT molecular complexity index is 1110. The number of fused-ring (bicyclic) bond motifs is 1. The van der Waals surface area contributed by atoms with Gasteiger partial charge in [0, 0.05) is 27.6 Å². The number of unbranched alkanes of at least 4 members (excludes halogenated alkanes) is 4. The van der Waals surface area contributed by atoms with Crippen LogP contribution in [0.2, 0.25) is 5.02 Å². The molecule has 0 bridgehead atoms. The Hall–Kier alpha value is -2.55. The fourth-order valence-corrected chi connectivity index (χ4v) is 5.51. The first kappa shape index (κ1) is 27.0. The number of aryl methyl sites for hydroxylation is 1. The van der Waals surface area contributed by atoms with Crippen molar-refractivity contribution in [3.63, 3.8) is 0 Å². The van der Waals surface area contributed by atoms with Gasteiger partial charge in [-0.2, -0.15) is 0 Å². The molecule has 2 aromatic rings. The molecule has 3 rings (SSSR count). The zero-order chi connectivity index (χ0) is 25.5. The van der Waals surface area contributed by atoms with Gasteiger partial charge in [0.15, 0.2) is 0 Å². The van der Waals surface area contributed by atoms with E-state index in [-0.39, 0.29) is 24.0 Å². The second-order valence-electron chi connectivity index (χ2n) is 8.88. The summed E-state index contributed by atoms with van der Waals surface area (Å²) >= 11 is 7.68. The van der Waals surface area contributed by atoms with Crippen LogP contribution in [0, 0.1) is 24.7 Å². The molecule has 5 N–H and O–H groups in total. The molecule has 7 nitrogen and oxygen atoms in total. The van der Waals surface area contributed by atoms with Crippen LogP contribution in [0.15, 0.2) is 29.3 Å². The Kier molecular flexibility index (Phi) is 9.60. The molecule has 188 valence electrons. The van der Waals surface area contributed by atoms with Gasteiger partial charge in [-0.3, -0.25) is 25.5 Å². The number of nitrogens with zero attached hydrogens (tertiary/aromatic N) is 2. The molecule has 1 aromatic carbocycles. The van der Waals surface area contributed by atoms with Crippen molar-refractivity contribution in [1.29, 1.82) is 10.8 Å². The van der Waals surface area contributed by atoms with Gasteiger partial charge in [-0.05, 0) is 57.9 Å². The van der Waals surface area contributed by atoms with Crippen LogP contribution in [-0.2, 0) is 4.79 Å². The Morgan fingerprint density at radius 3 is 2.49 bits per heavy atom. The van der Waals surface area contributed by atoms with E-state index in [1.807, 2.05) is 38.1 Å². The van der Waals surface area contributed by atoms with Crippen LogP contribution in [0.1, 0.15) is 67.0 Å². The van der Waals surface area contributed by atoms with E-state index < -0.39 is 6.04 Å². The fraction of sp³-hybridized carbons (Fsp3) is 0.462. The maximum Gasteiger partial charge on any atom is 0.222 e. The lowest BCUT2D eigenvalue weighted by Gasteiger charge is -2.24. The van der Waals surface area contributed by atoms with Crippen LogP contribution in [0.5, 0.6) is 0 Å². The lowest BCUT2D eigenvalue weighted by Crippen LogP contribution is -2.42. The molecule has 0 saturated heterocycles. The first-order valence-electron chi connectivity index (χ1n) is 12.1. The number of carbonyl (C=O) groups excluding carboxylic acids is 1. The predicted octanol–water partition coefficient (Wildman–Crippen LogP) is 5.43. The van der Waals surface area contributed by atoms with Crippen LogP contribution in [-0.4, -0.2) is 42.4 Å². The van der Waals surface area contributed by atoms with E-state index in [0.717, 1.165) is 70.9 Å². The van der Waals surface area contributed by atoms with Crippen LogP contribution < -0.4 is 16.0 Å². The van der Waals surface area contributed by atoms with Gasteiger partial charge in [-0.15, -0.1) is 11.3 Å². The van der Waals surface area contributed by atoms with Crippen molar-refractivity contribution in [2.75, 3.05) is 18.0 Å². The van der Waals surface area contributed by atoms with Crippen molar-refractivity contribution >= 4 is 51.2 Å². The van der Waals surface area contributed by atoms with Crippen molar-refractivity contribution in [1.82, 2.24) is 5.32 Å². The molecule has 1 unspecified atom stereocenters. The van der Waals surface area contributed by atoms with Gasteiger partial charge < -0.3 is 11.1 Å². The summed E-state index contributed by atoms with van der Waals surface area (Å²) in [6.45, 7) is 7.07. The predicted molar refractivity (Wildman–Crippen MR) is 148 cm³/mol. The van der Waals surface area contributed by atoms with E-state index in [1.165, 1.54) is 0 Å². The number of nitrogens with two attached hydrogens (primary N) is 1. The minimum absolute atomic E-state index is 0.0554. The van der Waals surface area contributed by atoms with Crippen LogP contribution in [0.4, 0.5) is 5.00 Å². The topological polar surface area (TPSA) is 118 Å². The normalized spacial score (nSPS) is 15.5. The lowest BCUT2D eigenvalue weighted by molar-refractivity contribution is -0.121. The first-order valence-corrected chi connectivity index (χ1v) is 13.3. The number of carbonyl (C=O) groups is 1. The molecular formula is C26H35ClN6OS. The lowest BCUT2D eigenvalue weighted by atomic mass is 9.99. The van der Waals surface area contributed by atoms with E-state index in [9.17, 15) is 4.79 Å². The van der Waals surface area contributed by atoms with Gasteiger partial charge in [0.25, 0.3) is 0 Å². The highest BCUT2D eigenvalue weighted by atomic mass is 35.5. The summed E-state index contributed by atoms with van der Waals surface area (Å²) < 4.78 is 0. The Balaban J connectivity index is 1.87. The molecule has 0 radical (unpaired) electrons. The van der Waals surface area contributed by atoms with Crippen molar-refractivity contribution < 1.29 is 4.79 Å². The monoisotopic (exact) mass is 514 g/mol. The van der Waals surface area contributed by atoms with Crippen molar-refractivity contribution in [2.24, 2.45) is 10.7 Å². The van der Waals surface area contributed by atoms with Gasteiger partial charge in [-0.1, -0.05) is 43.0 Å². The number of anilines is 1. The Labute approximate surface area is 216 Å². The summed E-state index contributed by atoms with van der Waals surface area (Å²) in [7, 11) is 0. The van der Waals surface area contributed by atoms with Gasteiger partial charge in [0.05, 0.1) is 12.1 Å². The molecule has 9 heteroatoms. The number of rotatable bonds is 10. The third kappa shape index (κ3) is 6.57. The van der Waals surface area contributed by atoms with E-state index >= 15 is 0 Å². The second-order valence-corrected chi connectivity index (χ2v) is 10.5. The van der Waals surface area contributed by atoms with Crippen LogP contribution >= 0.6 is 22.9 Å². The van der Waals surface area contributed by atoms with Crippen molar-refractivity contribution in [3.8, 4) is 0 Å². The smallest absolute Gasteiger partial charge is 0.222 e. The highest BCUT2D eigenvalue weighted by molar-refractivity contribution is 7.17. The van der Waals surface area contributed by atoms with Crippen molar-refractivity contribution in [3.05, 3.63) is 50.9 Å². The van der Waals surface area contributed by atoms with Gasteiger partial charge in [-0.25, -0.2) is 0 Å². The quantitative estimate of drug-likeness (QED) is 0.192. The number of hydrogen-bond donors (Lipinski definition) is 4. The third-order valence-electron chi connectivity index (χ3n) is 6.18. The van der Waals surface area contributed by atoms with Gasteiger partial charge in [0.2, 0.25) is 5.91 Å². The largest absolute Gasteiger partial charge is 0.356 e. The van der Waals surface area contributed by atoms with E-state index in [1.54, 1.807) is 23.2 Å². The number of thiophene rings is 1. The number of benzene rings is 1. The molecule has 0 aliphatic carbocycles. The molecule has 1 aliphatic rings. The molecule has 1 amide bonds. The molecule has 1 aliphatic heterocycles. The van der Waals surface area contributed by atoms with E-state index in [4.69, 9.17) is 33.1 Å². The Morgan fingerprint density at radius 1 is 1.17 bits per heavy atom. The highest BCUT2D eigenvalue weighted by Gasteiger charge is 2.34. The minimum Gasteiger partial charge on any atom is -0.356 e. The average Bonchev–Trinajstić information content (AvgIpc) is 3.03. The van der Waals surface area contributed by atoms with E-state index in [0.29, 0.717) is 11.6 Å².